The lowest BCUT2D eigenvalue weighted by Crippen LogP contribution is -2.74. The molecule has 0 radical (unpaired) electrons. The van der Waals surface area contributed by atoms with Crippen molar-refractivity contribution in [2.24, 2.45) is 0 Å². The number of alkyl halides is 17. The average molecular weight is 881 g/mol. The molecule has 0 bridgehead atoms. The molecule has 0 aliphatic heterocycles. The molecule has 23 heteroatoms. The van der Waals surface area contributed by atoms with Crippen LogP contribution in [0.15, 0.2) is 49.1 Å². The topological polar surface area (TPSA) is 65.0 Å². The summed E-state index contributed by atoms with van der Waals surface area (Å²) >= 11 is 0. The summed E-state index contributed by atoms with van der Waals surface area (Å²) in [7, 11) is -3.94. The van der Waals surface area contributed by atoms with Crippen LogP contribution in [0.2, 0.25) is 17.1 Å². The number of allylic oxidation sites excluding steroid dienone is 1. The van der Waals surface area contributed by atoms with E-state index in [0.717, 1.165) is 0 Å². The molecular weight excluding hydrogens is 839 g/mol. The second-order valence-corrected chi connectivity index (χ2v) is 18.5. The zero-order valence-corrected chi connectivity index (χ0v) is 31.6. The average Bonchev–Trinajstić information content (AvgIpc) is 3.09. The Labute approximate surface area is 317 Å². The predicted molar refractivity (Wildman–Crippen MR) is 173 cm³/mol. The minimum Gasteiger partial charge on any atom is -0.491 e. The number of aliphatic hydroxyl groups is 1. The molecule has 0 amide bonds. The predicted octanol–water partition coefficient (Wildman–Crippen LogP) is 11.7. The number of rotatable bonds is 24. The number of hydrogen-bond acceptors (Lipinski definition) is 5. The second kappa shape index (κ2) is 18.9. The molecule has 57 heavy (non-hydrogen) atoms. The molecule has 5 nitrogen and oxygen atoms in total. The number of halogens is 17. The van der Waals surface area contributed by atoms with Gasteiger partial charge in [0.1, 0.15) is 19.0 Å². The summed E-state index contributed by atoms with van der Waals surface area (Å²) in [6.07, 6.45) is -5.86. The second-order valence-electron chi connectivity index (χ2n) is 13.4. The van der Waals surface area contributed by atoms with Crippen molar-refractivity contribution in [3.8, 4) is 5.75 Å². The third-order valence-corrected chi connectivity index (χ3v) is 14.7. The van der Waals surface area contributed by atoms with E-state index in [2.05, 4.69) is 6.58 Å². The number of aliphatic hydroxyl groups excluding tert-OH is 1. The summed E-state index contributed by atoms with van der Waals surface area (Å²) < 4.78 is 250. The summed E-state index contributed by atoms with van der Waals surface area (Å²) in [4.78, 5) is 11.4. The fourth-order valence-corrected chi connectivity index (χ4v) is 9.96. The van der Waals surface area contributed by atoms with E-state index < -0.39 is 98.2 Å². The van der Waals surface area contributed by atoms with E-state index >= 15 is 0 Å². The molecule has 0 fully saturated rings. The maximum Gasteiger partial charge on any atom is 0.460 e. The van der Waals surface area contributed by atoms with Crippen LogP contribution in [0.3, 0.4) is 0 Å². The van der Waals surface area contributed by atoms with Gasteiger partial charge >= 0.3 is 53.6 Å². The molecule has 1 N–H and O–H groups in total. The number of carbonyl (C=O) groups excluding carboxylic acids is 1. The maximum atomic E-state index is 14.8. The first-order valence-electron chi connectivity index (χ1n) is 16.9. The van der Waals surface area contributed by atoms with Crippen molar-refractivity contribution >= 4 is 14.3 Å². The van der Waals surface area contributed by atoms with Gasteiger partial charge < -0.3 is 19.0 Å². The molecule has 1 aromatic carbocycles. The molecule has 0 aliphatic carbocycles. The SMILES string of the molecule is C=CCOC(=O)/C=C/CCC[C@H](O)c1ccc(OCCO[Si](CCC(F)(F)C(F)(F)C(F)(F)C(F)(F)C(F)(F)C(F)(F)C(F)(F)C(F)(F)F)(C(C)C)C(C)C)cc1. The van der Waals surface area contributed by atoms with Crippen LogP contribution < -0.4 is 4.74 Å². The van der Waals surface area contributed by atoms with Crippen LogP contribution in [0.5, 0.6) is 5.75 Å². The Balaban J connectivity index is 3.08. The first-order chi connectivity index (χ1) is 25.7. The summed E-state index contributed by atoms with van der Waals surface area (Å²) in [6, 6.07) is 4.53. The van der Waals surface area contributed by atoms with Gasteiger partial charge in [-0.05, 0) is 54.1 Å². The Morgan fingerprint density at radius 2 is 1.21 bits per heavy atom. The van der Waals surface area contributed by atoms with Crippen molar-refractivity contribution < 1.29 is 98.4 Å². The van der Waals surface area contributed by atoms with Crippen molar-refractivity contribution in [1.82, 2.24) is 0 Å². The van der Waals surface area contributed by atoms with Crippen molar-refractivity contribution in [2.75, 3.05) is 19.8 Å². The number of benzene rings is 1. The van der Waals surface area contributed by atoms with E-state index in [9.17, 15) is 84.5 Å². The van der Waals surface area contributed by atoms with Crippen LogP contribution in [0.25, 0.3) is 0 Å². The van der Waals surface area contributed by atoms with Crippen LogP contribution in [-0.2, 0) is 14.0 Å². The molecule has 0 aromatic heterocycles. The summed E-state index contributed by atoms with van der Waals surface area (Å²) in [5.74, 6) is -57.0. The van der Waals surface area contributed by atoms with Crippen molar-refractivity contribution in [2.45, 2.75) is 124 Å². The summed E-state index contributed by atoms with van der Waals surface area (Å²) in [5, 5.41) is 10.4. The lowest BCUT2D eigenvalue weighted by atomic mass is 9.88. The lowest BCUT2D eigenvalue weighted by molar-refractivity contribution is -0.461. The molecule has 1 aromatic rings. The van der Waals surface area contributed by atoms with Gasteiger partial charge in [-0.15, -0.1) is 0 Å². The molecule has 0 saturated carbocycles. The number of ether oxygens (including phenoxy) is 2. The molecule has 0 aliphatic rings. The van der Waals surface area contributed by atoms with Gasteiger partial charge in [-0.2, -0.15) is 74.6 Å². The van der Waals surface area contributed by atoms with E-state index in [1.165, 1.54) is 64.1 Å². The molecule has 0 spiro atoms. The Bertz CT molecular complexity index is 1470. The van der Waals surface area contributed by atoms with Crippen LogP contribution in [0.1, 0.15) is 65.0 Å². The first kappa shape index (κ1) is 51.9. The van der Waals surface area contributed by atoms with Crippen molar-refractivity contribution in [1.29, 1.82) is 0 Å². The van der Waals surface area contributed by atoms with Crippen LogP contribution in [0, 0.1) is 0 Å². The van der Waals surface area contributed by atoms with Gasteiger partial charge in [0.15, 0.2) is 8.32 Å². The fourth-order valence-electron chi connectivity index (χ4n) is 5.50. The molecule has 1 atom stereocenters. The van der Waals surface area contributed by atoms with Crippen LogP contribution in [0.4, 0.5) is 74.6 Å². The van der Waals surface area contributed by atoms with Gasteiger partial charge in [0.25, 0.3) is 0 Å². The number of hydrogen-bond donors (Lipinski definition) is 1. The minimum atomic E-state index is -8.68. The Hall–Kier alpha value is -3.08. The van der Waals surface area contributed by atoms with E-state index in [-0.39, 0.29) is 19.0 Å². The largest absolute Gasteiger partial charge is 0.491 e. The molecular formula is C34H41F17O5Si. The highest BCUT2D eigenvalue weighted by molar-refractivity contribution is 6.76. The van der Waals surface area contributed by atoms with Gasteiger partial charge in [-0.1, -0.05) is 58.6 Å². The van der Waals surface area contributed by atoms with E-state index in [1.54, 1.807) is 6.08 Å². The highest BCUT2D eigenvalue weighted by atomic mass is 28.4. The van der Waals surface area contributed by atoms with E-state index in [4.69, 9.17) is 13.9 Å². The van der Waals surface area contributed by atoms with Crippen molar-refractivity contribution in [3.05, 3.63) is 54.6 Å². The number of esters is 1. The van der Waals surface area contributed by atoms with Gasteiger partial charge in [-0.25, -0.2) is 4.79 Å². The van der Waals surface area contributed by atoms with Gasteiger partial charge in [0.2, 0.25) is 0 Å². The van der Waals surface area contributed by atoms with Gasteiger partial charge in [0.05, 0.1) is 12.7 Å². The molecule has 1 rings (SSSR count). The number of unbranched alkanes of at least 4 members (excludes halogenated alkanes) is 1. The van der Waals surface area contributed by atoms with Crippen LogP contribution in [-0.4, -0.2) is 86.8 Å². The van der Waals surface area contributed by atoms with Crippen molar-refractivity contribution in [3.63, 3.8) is 0 Å². The first-order valence-corrected chi connectivity index (χ1v) is 19.1. The molecule has 0 heterocycles. The summed E-state index contributed by atoms with van der Waals surface area (Å²) in [5.41, 5.74) is -1.23. The standard InChI is InChI=1S/C34H41F17O5Si/c1-6-17-55-26(53)11-9-7-8-10-25(52)23-12-14-24(15-13-23)54-18-19-56-57(21(2)3,22(4)5)20-16-27(35,36)28(37,38)29(39,40)30(41,42)31(43,44)32(45,46)33(47,48)34(49,50)51/h6,9,11-15,21-22,25,52H,1,7-8,10,16-20H2,2-5H3/b11-9+/t25-/m0/s1. The monoisotopic (exact) mass is 880 g/mol. The smallest absolute Gasteiger partial charge is 0.460 e. The quantitative estimate of drug-likeness (QED) is 0.0280. The minimum absolute atomic E-state index is 0.0471. The normalized spacial score (nSPS) is 15.1. The Morgan fingerprint density at radius 3 is 1.67 bits per heavy atom. The lowest BCUT2D eigenvalue weighted by Gasteiger charge is -2.44. The van der Waals surface area contributed by atoms with E-state index in [0.29, 0.717) is 24.8 Å². The van der Waals surface area contributed by atoms with Gasteiger partial charge in [0, 0.05) is 12.5 Å². The van der Waals surface area contributed by atoms with E-state index in [1.807, 2.05) is 0 Å². The molecule has 0 unspecified atom stereocenters. The maximum absolute atomic E-state index is 14.8. The zero-order valence-electron chi connectivity index (χ0n) is 30.6. The Kier molecular flexibility index (Phi) is 17.2. The zero-order chi connectivity index (χ0) is 44.7. The highest BCUT2D eigenvalue weighted by Crippen LogP contribution is 2.64. The summed E-state index contributed by atoms with van der Waals surface area (Å²) in [6.45, 7) is 7.92. The Morgan fingerprint density at radius 1 is 0.737 bits per heavy atom. The highest BCUT2D eigenvalue weighted by Gasteiger charge is 2.95. The fraction of sp³-hybridized carbons (Fsp3) is 0.676. The molecule has 330 valence electrons. The third-order valence-electron chi connectivity index (χ3n) is 9.00. The third kappa shape index (κ3) is 10.8. The number of carbonyl (C=O) groups is 1. The van der Waals surface area contributed by atoms with Crippen LogP contribution >= 0.6 is 0 Å². The molecule has 0 saturated heterocycles. The van der Waals surface area contributed by atoms with Gasteiger partial charge in [-0.3, -0.25) is 0 Å².